The van der Waals surface area contributed by atoms with Crippen LogP contribution in [0, 0.1) is 70.5 Å². The van der Waals surface area contributed by atoms with E-state index in [1.165, 1.54) is 0 Å². The van der Waals surface area contributed by atoms with Crippen LogP contribution in [0.5, 0.6) is 0 Å². The molecule has 10 rings (SSSR count). The fourth-order valence-electron chi connectivity index (χ4n) is 8.72. The Morgan fingerprint density at radius 1 is 0.387 bits per heavy atom. The molecule has 0 aliphatic heterocycles. The van der Waals surface area contributed by atoms with Crippen LogP contribution in [0.25, 0.3) is 88.6 Å². The standard InChI is InChI=1S/C53H29N9/c1-31-15-32(2)60-53(59-31)46-25-52(62-48-10-6-4-8-43(48)45-14-12-38(23-50(45)62)40-20-35(28-56)17-36(21-40)29-57)51(24-41(46)30-58)61-47-9-5-3-7-42(47)44-13-11-37(22-49(44)61)39-18-33(26-54)16-34(19-39)27-55/h3-25H,1-2H3. The molecule has 9 heteroatoms. The summed E-state index contributed by atoms with van der Waals surface area (Å²) in [6.45, 7) is 3.82. The van der Waals surface area contributed by atoms with Crippen LogP contribution in [0.3, 0.4) is 0 Å². The van der Waals surface area contributed by atoms with E-state index in [0.717, 1.165) is 82.9 Å². The highest BCUT2D eigenvalue weighted by Gasteiger charge is 2.24. The second kappa shape index (κ2) is 14.5. The van der Waals surface area contributed by atoms with Crippen molar-refractivity contribution >= 4 is 43.6 Å². The number of benzene rings is 7. The first-order valence-corrected chi connectivity index (χ1v) is 19.7. The zero-order chi connectivity index (χ0) is 42.6. The van der Waals surface area contributed by atoms with E-state index in [-0.39, 0.29) is 0 Å². The first-order chi connectivity index (χ1) is 30.3. The van der Waals surface area contributed by atoms with E-state index in [0.29, 0.717) is 44.9 Å². The molecule has 62 heavy (non-hydrogen) atoms. The van der Waals surface area contributed by atoms with Gasteiger partial charge in [-0.25, -0.2) is 9.97 Å². The normalized spacial score (nSPS) is 11.0. The highest BCUT2D eigenvalue weighted by Crippen LogP contribution is 2.42. The number of nitriles is 5. The van der Waals surface area contributed by atoms with E-state index < -0.39 is 0 Å². The number of hydrogen-bond acceptors (Lipinski definition) is 7. The van der Waals surface area contributed by atoms with E-state index in [9.17, 15) is 26.3 Å². The third kappa shape index (κ3) is 5.97. The maximum absolute atomic E-state index is 11.0. The molecule has 0 saturated heterocycles. The minimum absolute atomic E-state index is 0.384. The molecule has 0 unspecified atom stereocenters. The second-order valence-electron chi connectivity index (χ2n) is 15.2. The number of hydrogen-bond donors (Lipinski definition) is 0. The van der Waals surface area contributed by atoms with Crippen molar-refractivity contribution in [3.63, 3.8) is 0 Å². The maximum Gasteiger partial charge on any atom is 0.161 e. The van der Waals surface area contributed by atoms with Crippen molar-refractivity contribution in [1.29, 1.82) is 26.3 Å². The lowest BCUT2D eigenvalue weighted by Gasteiger charge is -2.19. The lowest BCUT2D eigenvalue weighted by molar-refractivity contribution is 1.05. The molecule has 0 radical (unpaired) electrons. The number of nitrogens with zero attached hydrogens (tertiary/aromatic N) is 9. The van der Waals surface area contributed by atoms with Crippen molar-refractivity contribution in [2.75, 3.05) is 0 Å². The van der Waals surface area contributed by atoms with Gasteiger partial charge >= 0.3 is 0 Å². The van der Waals surface area contributed by atoms with Crippen LogP contribution in [-0.2, 0) is 0 Å². The van der Waals surface area contributed by atoms with Gasteiger partial charge in [0.2, 0.25) is 0 Å². The Labute approximate surface area is 355 Å². The molecule has 0 atom stereocenters. The van der Waals surface area contributed by atoms with Crippen LogP contribution < -0.4 is 0 Å². The molecule has 3 aromatic heterocycles. The summed E-state index contributed by atoms with van der Waals surface area (Å²) < 4.78 is 4.38. The van der Waals surface area contributed by atoms with Crippen LogP contribution in [0.4, 0.5) is 0 Å². The summed E-state index contributed by atoms with van der Waals surface area (Å²) in [4.78, 5) is 9.67. The third-order valence-corrected chi connectivity index (χ3v) is 11.3. The van der Waals surface area contributed by atoms with E-state index in [1.807, 2.05) is 68.4 Å². The predicted octanol–water partition coefficient (Wildman–Crippen LogP) is 11.6. The Balaban J connectivity index is 1.35. The van der Waals surface area contributed by atoms with Crippen molar-refractivity contribution in [2.45, 2.75) is 13.8 Å². The van der Waals surface area contributed by atoms with Gasteiger partial charge in [-0.2, -0.15) is 26.3 Å². The fraction of sp³-hybridized carbons (Fsp3) is 0.0377. The van der Waals surface area contributed by atoms with E-state index >= 15 is 0 Å². The molecule has 0 spiro atoms. The summed E-state index contributed by atoms with van der Waals surface area (Å²) in [7, 11) is 0. The smallest absolute Gasteiger partial charge is 0.161 e. The van der Waals surface area contributed by atoms with Gasteiger partial charge in [0.25, 0.3) is 0 Å². The summed E-state index contributed by atoms with van der Waals surface area (Å²) >= 11 is 0. The maximum atomic E-state index is 11.0. The average molecular weight is 792 g/mol. The number of aromatic nitrogens is 4. The molecule has 0 bridgehead atoms. The van der Waals surface area contributed by atoms with Crippen molar-refractivity contribution in [3.8, 4) is 75.4 Å². The van der Waals surface area contributed by atoms with Crippen molar-refractivity contribution in [1.82, 2.24) is 19.1 Å². The topological polar surface area (TPSA) is 155 Å². The van der Waals surface area contributed by atoms with Crippen molar-refractivity contribution in [3.05, 3.63) is 179 Å². The molecule has 286 valence electrons. The second-order valence-corrected chi connectivity index (χ2v) is 15.2. The van der Waals surface area contributed by atoms with Gasteiger partial charge in [-0.1, -0.05) is 60.7 Å². The molecule has 0 aliphatic carbocycles. The summed E-state index contributed by atoms with van der Waals surface area (Å²) in [6, 6.07) is 56.0. The lowest BCUT2D eigenvalue weighted by Crippen LogP contribution is -2.06. The Bertz CT molecular complexity index is 3710. The molecule has 0 amide bonds. The largest absolute Gasteiger partial charge is 0.307 e. The molecule has 10 aromatic rings. The first-order valence-electron chi connectivity index (χ1n) is 19.7. The summed E-state index contributed by atoms with van der Waals surface area (Å²) in [6.07, 6.45) is 0. The Hall–Kier alpha value is -9.33. The molecular formula is C53H29N9. The SMILES string of the molecule is Cc1cc(C)nc(-c2cc(-n3c4ccccc4c4ccc(-c5cc(C#N)cc(C#N)c5)cc43)c(-n3c4ccccc4c4ccc(-c5cc(C#N)cc(C#N)c5)cc43)cc2C#N)n1. The highest BCUT2D eigenvalue weighted by atomic mass is 15.1. The Morgan fingerprint density at radius 2 is 0.806 bits per heavy atom. The molecule has 7 aromatic carbocycles. The molecular weight excluding hydrogens is 763 g/mol. The van der Waals surface area contributed by atoms with E-state index in [1.54, 1.807) is 36.4 Å². The molecule has 3 heterocycles. The van der Waals surface area contributed by atoms with Crippen LogP contribution in [0.1, 0.15) is 39.2 Å². The van der Waals surface area contributed by atoms with E-state index in [2.05, 4.69) is 88.0 Å². The van der Waals surface area contributed by atoms with Gasteiger partial charge in [0.05, 0.1) is 91.6 Å². The van der Waals surface area contributed by atoms with Gasteiger partial charge in [0.15, 0.2) is 5.82 Å². The monoisotopic (exact) mass is 791 g/mol. The highest BCUT2D eigenvalue weighted by molar-refractivity contribution is 6.13. The fourth-order valence-corrected chi connectivity index (χ4v) is 8.72. The summed E-state index contributed by atoms with van der Waals surface area (Å²) in [5, 5.41) is 54.3. The van der Waals surface area contributed by atoms with Gasteiger partial charge in [-0.05, 0) is 115 Å². The van der Waals surface area contributed by atoms with Crippen LogP contribution in [0.15, 0.2) is 140 Å². The van der Waals surface area contributed by atoms with Crippen molar-refractivity contribution < 1.29 is 0 Å². The third-order valence-electron chi connectivity index (χ3n) is 11.3. The quantitative estimate of drug-likeness (QED) is 0.168. The minimum Gasteiger partial charge on any atom is -0.307 e. The van der Waals surface area contributed by atoms with Crippen LogP contribution >= 0.6 is 0 Å². The molecule has 0 saturated carbocycles. The Kier molecular flexibility index (Phi) is 8.64. The summed E-state index contributed by atoms with van der Waals surface area (Å²) in [5.74, 6) is 0.431. The van der Waals surface area contributed by atoms with Gasteiger partial charge in [-0.3, -0.25) is 0 Å². The zero-order valence-electron chi connectivity index (χ0n) is 33.3. The first kappa shape index (κ1) is 37.0. The summed E-state index contributed by atoms with van der Waals surface area (Å²) in [5.41, 5.74) is 12.2. The lowest BCUT2D eigenvalue weighted by atomic mass is 9.99. The number of rotatable bonds is 5. The van der Waals surface area contributed by atoms with Gasteiger partial charge < -0.3 is 9.13 Å². The number of para-hydroxylation sites is 2. The molecule has 9 nitrogen and oxygen atoms in total. The van der Waals surface area contributed by atoms with Gasteiger partial charge in [0.1, 0.15) is 0 Å². The minimum atomic E-state index is 0.384. The zero-order valence-corrected chi connectivity index (χ0v) is 33.3. The van der Waals surface area contributed by atoms with E-state index in [4.69, 9.17) is 9.97 Å². The van der Waals surface area contributed by atoms with Gasteiger partial charge in [-0.15, -0.1) is 0 Å². The molecule has 0 fully saturated rings. The molecule has 0 aliphatic rings. The van der Waals surface area contributed by atoms with Crippen LogP contribution in [0.2, 0.25) is 0 Å². The van der Waals surface area contributed by atoms with Crippen molar-refractivity contribution in [2.24, 2.45) is 0 Å². The number of aryl methyl sites for hydroxylation is 2. The van der Waals surface area contributed by atoms with Crippen LogP contribution in [-0.4, -0.2) is 19.1 Å². The predicted molar refractivity (Wildman–Crippen MR) is 240 cm³/mol. The van der Waals surface area contributed by atoms with Gasteiger partial charge in [0, 0.05) is 38.5 Å². The molecule has 0 N–H and O–H groups in total. The Morgan fingerprint density at radius 3 is 1.24 bits per heavy atom. The average Bonchev–Trinajstić information content (AvgIpc) is 3.82. The number of fused-ring (bicyclic) bond motifs is 6.